The zero-order valence-corrected chi connectivity index (χ0v) is 16.7. The Labute approximate surface area is 164 Å². The Bertz CT molecular complexity index is 944. The summed E-state index contributed by atoms with van der Waals surface area (Å²) in [7, 11) is 0. The number of aromatic nitrogens is 3. The standard InChI is InChI=1S/C21H23Cl2N3/c1-3-5-14(12-6-7-12)17-11-18-21(26-19(4-2)24-18)20(25-17)15-9-8-13(22)10-16(15)23/h8-12,14H,3-7H2,1-2H3,(H,24,26). The van der Waals surface area contributed by atoms with Crippen LogP contribution >= 0.6 is 23.2 Å². The normalized spacial score (nSPS) is 15.5. The third-order valence-electron chi connectivity index (χ3n) is 5.23. The van der Waals surface area contributed by atoms with E-state index in [1.165, 1.54) is 25.7 Å². The van der Waals surface area contributed by atoms with Crippen molar-refractivity contribution in [2.75, 3.05) is 0 Å². The van der Waals surface area contributed by atoms with E-state index in [9.17, 15) is 0 Å². The first-order valence-corrected chi connectivity index (χ1v) is 10.2. The molecule has 1 aliphatic carbocycles. The SMILES string of the molecule is CCCC(c1cc2[nH]c(CC)nc2c(-c2ccc(Cl)cc2Cl)n1)C1CC1. The molecule has 2 heterocycles. The van der Waals surface area contributed by atoms with E-state index in [-0.39, 0.29) is 0 Å². The van der Waals surface area contributed by atoms with E-state index in [1.807, 2.05) is 12.1 Å². The summed E-state index contributed by atoms with van der Waals surface area (Å²) in [5.74, 6) is 2.26. The number of rotatable bonds is 6. The number of imidazole rings is 1. The molecule has 26 heavy (non-hydrogen) atoms. The van der Waals surface area contributed by atoms with Crippen LogP contribution in [0, 0.1) is 5.92 Å². The van der Waals surface area contributed by atoms with E-state index in [0.29, 0.717) is 16.0 Å². The summed E-state index contributed by atoms with van der Waals surface area (Å²) < 4.78 is 0. The fraction of sp³-hybridized carbons (Fsp3) is 0.429. The van der Waals surface area contributed by atoms with Gasteiger partial charge >= 0.3 is 0 Å². The summed E-state index contributed by atoms with van der Waals surface area (Å²) in [6, 6.07) is 7.78. The predicted octanol–water partition coefficient (Wildman–Crippen LogP) is 6.79. The minimum atomic E-state index is 0.516. The van der Waals surface area contributed by atoms with Gasteiger partial charge in [-0.2, -0.15) is 0 Å². The van der Waals surface area contributed by atoms with Gasteiger partial charge in [-0.1, -0.05) is 43.5 Å². The van der Waals surface area contributed by atoms with Crippen LogP contribution in [0.3, 0.4) is 0 Å². The average molecular weight is 388 g/mol. The Morgan fingerprint density at radius 1 is 1.15 bits per heavy atom. The number of halogens is 2. The summed E-state index contributed by atoms with van der Waals surface area (Å²) in [4.78, 5) is 13.3. The number of H-pyrrole nitrogens is 1. The van der Waals surface area contributed by atoms with Crippen molar-refractivity contribution in [2.45, 2.75) is 51.9 Å². The van der Waals surface area contributed by atoms with Crippen LogP contribution in [0.1, 0.15) is 57.0 Å². The molecule has 3 nitrogen and oxygen atoms in total. The highest BCUT2D eigenvalue weighted by Gasteiger charge is 2.33. The molecule has 0 bridgehead atoms. The van der Waals surface area contributed by atoms with E-state index in [1.54, 1.807) is 6.07 Å². The molecule has 3 aromatic rings. The fourth-order valence-electron chi connectivity index (χ4n) is 3.75. The number of nitrogens with zero attached hydrogens (tertiary/aromatic N) is 2. The van der Waals surface area contributed by atoms with Crippen molar-refractivity contribution in [1.29, 1.82) is 0 Å². The molecule has 1 fully saturated rings. The van der Waals surface area contributed by atoms with Gasteiger partial charge in [-0.05, 0) is 49.4 Å². The summed E-state index contributed by atoms with van der Waals surface area (Å²) in [5.41, 5.74) is 4.85. The van der Waals surface area contributed by atoms with Gasteiger partial charge in [-0.15, -0.1) is 0 Å². The van der Waals surface area contributed by atoms with Crippen LogP contribution in [0.5, 0.6) is 0 Å². The second-order valence-electron chi connectivity index (χ2n) is 7.19. The zero-order chi connectivity index (χ0) is 18.3. The van der Waals surface area contributed by atoms with Crippen molar-refractivity contribution in [1.82, 2.24) is 15.0 Å². The number of aromatic amines is 1. The molecular weight excluding hydrogens is 365 g/mol. The van der Waals surface area contributed by atoms with Gasteiger partial charge in [0, 0.05) is 28.6 Å². The quantitative estimate of drug-likeness (QED) is 0.505. The number of hydrogen-bond acceptors (Lipinski definition) is 2. The van der Waals surface area contributed by atoms with Gasteiger partial charge < -0.3 is 4.98 Å². The molecule has 1 unspecified atom stereocenters. The number of aryl methyl sites for hydroxylation is 1. The number of pyridine rings is 1. The lowest BCUT2D eigenvalue weighted by atomic mass is 9.93. The number of hydrogen-bond donors (Lipinski definition) is 1. The van der Waals surface area contributed by atoms with Gasteiger partial charge in [0.15, 0.2) is 0 Å². The summed E-state index contributed by atoms with van der Waals surface area (Å²) in [5, 5.41) is 1.24. The first-order chi connectivity index (χ1) is 12.6. The molecule has 1 N–H and O–H groups in total. The highest BCUT2D eigenvalue weighted by molar-refractivity contribution is 6.36. The van der Waals surface area contributed by atoms with Crippen LogP contribution < -0.4 is 0 Å². The number of fused-ring (bicyclic) bond motifs is 1. The Balaban J connectivity index is 1.92. The van der Waals surface area contributed by atoms with Gasteiger partial charge in [0.05, 0.1) is 16.2 Å². The molecule has 0 radical (unpaired) electrons. The lowest BCUT2D eigenvalue weighted by molar-refractivity contribution is 0.538. The van der Waals surface area contributed by atoms with Crippen molar-refractivity contribution in [3.63, 3.8) is 0 Å². The maximum Gasteiger partial charge on any atom is 0.115 e. The summed E-state index contributed by atoms with van der Waals surface area (Å²) >= 11 is 12.6. The van der Waals surface area contributed by atoms with Crippen LogP contribution in [-0.2, 0) is 6.42 Å². The van der Waals surface area contributed by atoms with Crippen LogP contribution in [-0.4, -0.2) is 15.0 Å². The van der Waals surface area contributed by atoms with E-state index in [2.05, 4.69) is 24.9 Å². The van der Waals surface area contributed by atoms with Crippen LogP contribution in [0.4, 0.5) is 0 Å². The zero-order valence-electron chi connectivity index (χ0n) is 15.1. The monoisotopic (exact) mass is 387 g/mol. The average Bonchev–Trinajstić information content (AvgIpc) is 3.37. The molecule has 4 rings (SSSR count). The van der Waals surface area contributed by atoms with Crippen LogP contribution in [0.15, 0.2) is 24.3 Å². The lowest BCUT2D eigenvalue weighted by Gasteiger charge is -2.16. The Morgan fingerprint density at radius 3 is 2.62 bits per heavy atom. The van der Waals surface area contributed by atoms with Gasteiger partial charge in [0.25, 0.3) is 0 Å². The third-order valence-corrected chi connectivity index (χ3v) is 5.78. The number of nitrogens with one attached hydrogen (secondary N) is 1. The van der Waals surface area contributed by atoms with E-state index in [4.69, 9.17) is 33.2 Å². The summed E-state index contributed by atoms with van der Waals surface area (Å²) in [6.45, 7) is 4.35. The highest BCUT2D eigenvalue weighted by Crippen LogP contribution is 2.45. The Morgan fingerprint density at radius 2 is 1.96 bits per heavy atom. The minimum Gasteiger partial charge on any atom is -0.342 e. The topological polar surface area (TPSA) is 41.6 Å². The third kappa shape index (κ3) is 3.35. The van der Waals surface area contributed by atoms with E-state index in [0.717, 1.165) is 46.1 Å². The van der Waals surface area contributed by atoms with Crippen molar-refractivity contribution < 1.29 is 0 Å². The van der Waals surface area contributed by atoms with Crippen molar-refractivity contribution >= 4 is 34.2 Å². The summed E-state index contributed by atoms with van der Waals surface area (Å²) in [6.07, 6.45) is 5.82. The lowest BCUT2D eigenvalue weighted by Crippen LogP contribution is -2.05. The van der Waals surface area contributed by atoms with Crippen molar-refractivity contribution in [3.8, 4) is 11.3 Å². The second kappa shape index (κ2) is 7.21. The molecule has 136 valence electrons. The largest absolute Gasteiger partial charge is 0.342 e. The maximum atomic E-state index is 6.51. The molecule has 1 aliphatic rings. The second-order valence-corrected chi connectivity index (χ2v) is 8.03. The van der Waals surface area contributed by atoms with E-state index < -0.39 is 0 Å². The van der Waals surface area contributed by atoms with Crippen molar-refractivity contribution in [2.24, 2.45) is 5.92 Å². The highest BCUT2D eigenvalue weighted by atomic mass is 35.5. The predicted molar refractivity (Wildman–Crippen MR) is 109 cm³/mol. The maximum absolute atomic E-state index is 6.51. The van der Waals surface area contributed by atoms with E-state index >= 15 is 0 Å². The molecule has 1 aromatic carbocycles. The van der Waals surface area contributed by atoms with Crippen molar-refractivity contribution in [3.05, 3.63) is 45.8 Å². The van der Waals surface area contributed by atoms with Crippen LogP contribution in [0.2, 0.25) is 10.0 Å². The van der Waals surface area contributed by atoms with Crippen LogP contribution in [0.25, 0.3) is 22.3 Å². The number of benzene rings is 1. The minimum absolute atomic E-state index is 0.516. The first kappa shape index (κ1) is 17.8. The van der Waals surface area contributed by atoms with Gasteiger partial charge in [-0.25, -0.2) is 4.98 Å². The molecule has 1 atom stereocenters. The molecule has 0 saturated heterocycles. The molecule has 2 aromatic heterocycles. The van der Waals surface area contributed by atoms with Gasteiger partial charge in [0.1, 0.15) is 11.3 Å². The fourth-order valence-corrected chi connectivity index (χ4v) is 4.24. The molecule has 1 saturated carbocycles. The Hall–Kier alpha value is -1.58. The molecule has 0 spiro atoms. The first-order valence-electron chi connectivity index (χ1n) is 9.45. The van der Waals surface area contributed by atoms with Gasteiger partial charge in [0.2, 0.25) is 0 Å². The molecule has 0 amide bonds. The smallest absolute Gasteiger partial charge is 0.115 e. The molecule has 5 heteroatoms. The molecule has 0 aliphatic heterocycles. The Kier molecular flexibility index (Phi) is 4.94. The molecular formula is C21H23Cl2N3. The van der Waals surface area contributed by atoms with Gasteiger partial charge in [-0.3, -0.25) is 4.98 Å².